The summed E-state index contributed by atoms with van der Waals surface area (Å²) in [5.74, 6) is 0.633. The van der Waals surface area contributed by atoms with E-state index in [0.29, 0.717) is 5.89 Å². The number of hydrogen-bond acceptors (Lipinski definition) is 3. The molecule has 0 radical (unpaired) electrons. The van der Waals surface area contributed by atoms with Gasteiger partial charge in [0.1, 0.15) is 5.52 Å². The molecule has 3 nitrogen and oxygen atoms in total. The predicted octanol–water partition coefficient (Wildman–Crippen LogP) is 11.5. The van der Waals surface area contributed by atoms with E-state index in [-0.39, 0.29) is 0 Å². The molecule has 0 bridgehead atoms. The van der Waals surface area contributed by atoms with Crippen molar-refractivity contribution in [2.24, 2.45) is 0 Å². The molecule has 0 aliphatic carbocycles. The summed E-state index contributed by atoms with van der Waals surface area (Å²) in [6.07, 6.45) is 0. The highest BCUT2D eigenvalue weighted by Gasteiger charge is 2.18. The van der Waals surface area contributed by atoms with Crippen LogP contribution in [0.3, 0.4) is 0 Å². The third kappa shape index (κ3) is 4.61. The molecule has 0 fully saturated rings. The van der Waals surface area contributed by atoms with Crippen LogP contribution >= 0.6 is 0 Å². The maximum absolute atomic E-state index is 6.51. The van der Waals surface area contributed by atoms with Crippen LogP contribution in [-0.4, -0.2) is 4.98 Å². The van der Waals surface area contributed by atoms with Gasteiger partial charge in [-0.05, 0) is 64.4 Å². The number of nitrogens with zero attached hydrogens (tertiary/aromatic N) is 2. The lowest BCUT2D eigenvalue weighted by Gasteiger charge is -2.28. The van der Waals surface area contributed by atoms with Crippen molar-refractivity contribution in [1.82, 2.24) is 4.98 Å². The third-order valence-corrected chi connectivity index (χ3v) is 8.12. The third-order valence-electron chi connectivity index (χ3n) is 8.12. The van der Waals surface area contributed by atoms with Crippen LogP contribution in [0.4, 0.5) is 17.1 Å². The largest absolute Gasteiger partial charge is 0.435 e. The molecule has 1 heterocycles. The lowest BCUT2D eigenvalue weighted by Crippen LogP contribution is -2.11. The zero-order valence-electron chi connectivity index (χ0n) is 24.0. The van der Waals surface area contributed by atoms with Crippen LogP contribution in [0.1, 0.15) is 0 Å². The van der Waals surface area contributed by atoms with Crippen LogP contribution in [0, 0.1) is 0 Å². The summed E-state index contributed by atoms with van der Waals surface area (Å²) >= 11 is 0. The minimum Gasteiger partial charge on any atom is -0.435 e. The molecular weight excluding hydrogens is 536 g/mol. The molecule has 0 spiro atoms. The fourth-order valence-corrected chi connectivity index (χ4v) is 6.03. The Bertz CT molecular complexity index is 2210. The van der Waals surface area contributed by atoms with Crippen molar-refractivity contribution >= 4 is 38.9 Å². The molecule has 0 saturated carbocycles. The highest BCUT2D eigenvalue weighted by molar-refractivity contribution is 5.98. The highest BCUT2D eigenvalue weighted by Crippen LogP contribution is 2.42. The Morgan fingerprint density at radius 3 is 1.86 bits per heavy atom. The van der Waals surface area contributed by atoms with Crippen molar-refractivity contribution < 1.29 is 4.42 Å². The second kappa shape index (κ2) is 11.0. The van der Waals surface area contributed by atoms with E-state index < -0.39 is 0 Å². The predicted molar refractivity (Wildman–Crippen MR) is 183 cm³/mol. The van der Waals surface area contributed by atoms with Gasteiger partial charge >= 0.3 is 0 Å². The highest BCUT2D eigenvalue weighted by atomic mass is 16.3. The molecule has 0 atom stereocenters. The van der Waals surface area contributed by atoms with Crippen LogP contribution in [0.15, 0.2) is 174 Å². The second-order valence-electron chi connectivity index (χ2n) is 10.8. The van der Waals surface area contributed by atoms with Gasteiger partial charge in [-0.3, -0.25) is 0 Å². The summed E-state index contributed by atoms with van der Waals surface area (Å²) in [4.78, 5) is 7.23. The average molecular weight is 565 g/mol. The van der Waals surface area contributed by atoms with E-state index in [9.17, 15) is 0 Å². The van der Waals surface area contributed by atoms with Gasteiger partial charge in [-0.2, -0.15) is 0 Å². The summed E-state index contributed by atoms with van der Waals surface area (Å²) in [5.41, 5.74) is 10.4. The molecule has 208 valence electrons. The maximum Gasteiger partial charge on any atom is 0.227 e. The second-order valence-corrected chi connectivity index (χ2v) is 10.8. The molecular formula is C41H28N2O. The number of hydrogen-bond donors (Lipinski definition) is 0. The number of anilines is 3. The number of fused-ring (bicyclic) bond motifs is 2. The lowest BCUT2D eigenvalue weighted by atomic mass is 10.0. The Labute approximate surface area is 256 Å². The Kier molecular flexibility index (Phi) is 6.47. The molecule has 8 rings (SSSR count). The van der Waals surface area contributed by atoms with Gasteiger partial charge in [0.05, 0.1) is 5.69 Å². The van der Waals surface area contributed by atoms with Crippen molar-refractivity contribution in [1.29, 1.82) is 0 Å². The molecule has 0 N–H and O–H groups in total. The number of rotatable bonds is 6. The molecule has 3 heteroatoms. The van der Waals surface area contributed by atoms with Crippen LogP contribution in [0.25, 0.3) is 55.6 Å². The molecule has 0 aliphatic heterocycles. The van der Waals surface area contributed by atoms with E-state index in [1.165, 1.54) is 16.5 Å². The van der Waals surface area contributed by atoms with Crippen molar-refractivity contribution in [2.45, 2.75) is 0 Å². The monoisotopic (exact) mass is 564 g/mol. The summed E-state index contributed by atoms with van der Waals surface area (Å²) in [6.45, 7) is 0. The molecule has 7 aromatic carbocycles. The lowest BCUT2D eigenvalue weighted by molar-refractivity contribution is 0.621. The van der Waals surface area contributed by atoms with Crippen molar-refractivity contribution in [3.05, 3.63) is 170 Å². The molecule has 0 aliphatic rings. The van der Waals surface area contributed by atoms with Gasteiger partial charge < -0.3 is 9.32 Å². The topological polar surface area (TPSA) is 29.3 Å². The van der Waals surface area contributed by atoms with Gasteiger partial charge in [-0.25, -0.2) is 4.98 Å². The first-order chi connectivity index (χ1) is 21.8. The van der Waals surface area contributed by atoms with Gasteiger partial charge in [0.25, 0.3) is 0 Å². The van der Waals surface area contributed by atoms with E-state index in [2.05, 4.69) is 163 Å². The van der Waals surface area contributed by atoms with Gasteiger partial charge in [0, 0.05) is 28.1 Å². The Morgan fingerprint density at radius 2 is 1.02 bits per heavy atom. The van der Waals surface area contributed by atoms with Crippen molar-refractivity contribution in [3.63, 3.8) is 0 Å². The summed E-state index contributed by atoms with van der Waals surface area (Å²) in [5, 5.41) is 2.30. The first kappa shape index (κ1) is 25.8. The Balaban J connectivity index is 1.22. The normalized spacial score (nSPS) is 11.2. The number of benzene rings is 7. The average Bonchev–Trinajstić information content (AvgIpc) is 3.54. The zero-order valence-corrected chi connectivity index (χ0v) is 24.0. The van der Waals surface area contributed by atoms with E-state index in [0.717, 1.165) is 50.2 Å². The van der Waals surface area contributed by atoms with Gasteiger partial charge in [-0.1, -0.05) is 127 Å². The molecule has 8 aromatic rings. The molecule has 0 unspecified atom stereocenters. The first-order valence-electron chi connectivity index (χ1n) is 14.8. The van der Waals surface area contributed by atoms with Crippen LogP contribution in [0.2, 0.25) is 0 Å². The zero-order chi connectivity index (χ0) is 29.3. The minimum absolute atomic E-state index is 0.633. The Morgan fingerprint density at radius 1 is 0.432 bits per heavy atom. The summed E-state index contributed by atoms with van der Waals surface area (Å²) in [6, 6.07) is 59.1. The minimum atomic E-state index is 0.633. The fourth-order valence-electron chi connectivity index (χ4n) is 6.03. The SMILES string of the molecule is c1ccc(-c2ccccc2N(c2ccccc2)c2ccc(-c3cccc4nc(-c5cccc6ccccc56)oc34)cc2)cc1. The Hall–Kier alpha value is -5.93. The molecule has 0 amide bonds. The smallest absolute Gasteiger partial charge is 0.227 e. The van der Waals surface area contributed by atoms with E-state index >= 15 is 0 Å². The van der Waals surface area contributed by atoms with E-state index in [4.69, 9.17) is 9.40 Å². The molecule has 1 aromatic heterocycles. The van der Waals surface area contributed by atoms with Gasteiger partial charge in [-0.15, -0.1) is 0 Å². The van der Waals surface area contributed by atoms with Crippen LogP contribution in [0.5, 0.6) is 0 Å². The van der Waals surface area contributed by atoms with Crippen LogP contribution in [-0.2, 0) is 0 Å². The summed E-state index contributed by atoms with van der Waals surface area (Å²) in [7, 11) is 0. The number of para-hydroxylation sites is 3. The molecule has 0 saturated heterocycles. The first-order valence-corrected chi connectivity index (χ1v) is 14.8. The summed E-state index contributed by atoms with van der Waals surface area (Å²) < 4.78 is 6.51. The van der Waals surface area contributed by atoms with E-state index in [1.807, 2.05) is 12.1 Å². The van der Waals surface area contributed by atoms with Crippen LogP contribution < -0.4 is 4.90 Å². The van der Waals surface area contributed by atoms with Gasteiger partial charge in [0.2, 0.25) is 5.89 Å². The van der Waals surface area contributed by atoms with E-state index in [1.54, 1.807) is 0 Å². The number of aromatic nitrogens is 1. The molecule has 44 heavy (non-hydrogen) atoms. The van der Waals surface area contributed by atoms with Crippen molar-refractivity contribution in [2.75, 3.05) is 4.90 Å². The maximum atomic E-state index is 6.51. The fraction of sp³-hybridized carbons (Fsp3) is 0. The standard InChI is InChI=1S/C41H28N2O/c1-3-13-30(14-4-1)35-20-9-10-24-39(35)43(32-17-5-2-6-18-32)33-27-25-31(26-28-33)36-21-12-23-38-40(36)44-41(42-38)37-22-11-16-29-15-7-8-19-34(29)37/h1-28H. The number of oxazole rings is 1. The van der Waals surface area contributed by atoms with Gasteiger partial charge in [0.15, 0.2) is 5.58 Å². The quantitative estimate of drug-likeness (QED) is 0.201. The van der Waals surface area contributed by atoms with Crippen molar-refractivity contribution in [3.8, 4) is 33.7 Å².